The third-order valence-corrected chi connectivity index (χ3v) is 10.1. The molecule has 2 heterocycles. The highest BCUT2D eigenvalue weighted by molar-refractivity contribution is 5.62. The number of rotatable bonds is 43. The Labute approximate surface area is 391 Å². The van der Waals surface area contributed by atoms with Gasteiger partial charge in [0.05, 0.1) is 154 Å². The standard InChI is InChI=1S/C45H82O21/c1-11-45(27-50-12-31(2)54-15-34(5)57-18-37(8)60-22-40(47)21-53-30-46,28-51-13-32(3)55-16-35(6)58-19-38(9)61-23-41-25-63-43(48)65-41)29-52-14-33(4)56-17-36(7)59-20-39(10)62-24-42-26-64-44(49)66-42/h30-42,47H,11-29H2,1-10H3. The molecule has 0 saturated carbocycles. The normalized spacial score (nSPS) is 21.8. The van der Waals surface area contributed by atoms with E-state index in [4.69, 9.17) is 75.8 Å². The molecule has 0 radical (unpaired) electrons. The van der Waals surface area contributed by atoms with Crippen molar-refractivity contribution in [2.45, 2.75) is 149 Å². The monoisotopic (exact) mass is 959 g/mol. The van der Waals surface area contributed by atoms with Gasteiger partial charge in [-0.25, -0.2) is 9.59 Å². The van der Waals surface area contributed by atoms with E-state index in [0.717, 1.165) is 0 Å². The predicted octanol–water partition coefficient (Wildman–Crippen LogP) is 3.68. The summed E-state index contributed by atoms with van der Waals surface area (Å²) in [6.07, 6.45) is -4.33. The Morgan fingerprint density at radius 2 is 0.803 bits per heavy atom. The van der Waals surface area contributed by atoms with Crippen LogP contribution >= 0.6 is 0 Å². The van der Waals surface area contributed by atoms with Crippen LogP contribution in [-0.4, -0.2) is 216 Å². The van der Waals surface area contributed by atoms with Gasteiger partial charge in [-0.3, -0.25) is 4.79 Å². The first kappa shape index (κ1) is 59.6. The van der Waals surface area contributed by atoms with Crippen LogP contribution in [-0.2, 0) is 85.3 Å². The maximum Gasteiger partial charge on any atom is 0.508 e. The molecule has 0 aromatic carbocycles. The zero-order valence-electron chi connectivity index (χ0n) is 41.1. The van der Waals surface area contributed by atoms with E-state index in [1.54, 1.807) is 0 Å². The lowest BCUT2D eigenvalue weighted by Gasteiger charge is -2.33. The number of aliphatic hydroxyl groups excluding tert-OH is 1. The second-order valence-corrected chi connectivity index (χ2v) is 17.4. The molecule has 2 aliphatic rings. The fourth-order valence-corrected chi connectivity index (χ4v) is 5.90. The third-order valence-electron chi connectivity index (χ3n) is 10.1. The molecule has 388 valence electrons. The second kappa shape index (κ2) is 34.7. The highest BCUT2D eigenvalue weighted by Crippen LogP contribution is 2.25. The number of aliphatic hydroxyl groups is 1. The van der Waals surface area contributed by atoms with Gasteiger partial charge in [0.2, 0.25) is 0 Å². The van der Waals surface area contributed by atoms with Crippen molar-refractivity contribution in [2.24, 2.45) is 5.41 Å². The molecule has 0 amide bonds. The molecule has 2 saturated heterocycles. The average Bonchev–Trinajstić information content (AvgIpc) is 3.93. The Balaban J connectivity index is 1.79. The SMILES string of the molecule is CCC(COCC(C)OCC(C)OCC(C)OCC(O)COC=O)(COCC(C)OCC(C)OCC(C)OCC1COC(=O)O1)COCC(C)OCC(C)OCC(C)OCC1COC(=O)O1. The van der Waals surface area contributed by atoms with Crippen LogP contribution in [0.4, 0.5) is 9.59 Å². The summed E-state index contributed by atoms with van der Waals surface area (Å²) in [5, 5.41) is 9.78. The van der Waals surface area contributed by atoms with Crippen molar-refractivity contribution in [1.29, 1.82) is 0 Å². The Morgan fingerprint density at radius 1 is 0.500 bits per heavy atom. The van der Waals surface area contributed by atoms with E-state index in [9.17, 15) is 19.5 Å². The van der Waals surface area contributed by atoms with E-state index in [0.29, 0.717) is 85.7 Å². The number of hydrogen-bond acceptors (Lipinski definition) is 21. The number of carbonyl (C=O) groups is 3. The smallest absolute Gasteiger partial charge is 0.465 e. The van der Waals surface area contributed by atoms with E-state index in [1.165, 1.54) is 0 Å². The molecule has 2 aliphatic heterocycles. The van der Waals surface area contributed by atoms with E-state index >= 15 is 0 Å². The lowest BCUT2D eigenvalue weighted by Crippen LogP contribution is -2.39. The number of cyclic esters (lactones) is 4. The van der Waals surface area contributed by atoms with Gasteiger partial charge in [0, 0.05) is 5.41 Å². The minimum Gasteiger partial charge on any atom is -0.465 e. The van der Waals surface area contributed by atoms with Crippen molar-refractivity contribution in [3.05, 3.63) is 0 Å². The Hall–Kier alpha value is -2.51. The topological polar surface area (TPSA) is 228 Å². The van der Waals surface area contributed by atoms with Crippen LogP contribution < -0.4 is 0 Å². The van der Waals surface area contributed by atoms with Gasteiger partial charge in [0.15, 0.2) is 12.2 Å². The fraction of sp³-hybridized carbons (Fsp3) is 0.933. The molecule has 0 aromatic heterocycles. The van der Waals surface area contributed by atoms with Crippen LogP contribution in [0.3, 0.4) is 0 Å². The van der Waals surface area contributed by atoms with Crippen LogP contribution in [0.2, 0.25) is 0 Å². The summed E-state index contributed by atoms with van der Waals surface area (Å²) in [5.41, 5.74) is -0.483. The van der Waals surface area contributed by atoms with Crippen LogP contribution in [0, 0.1) is 5.41 Å². The minimum absolute atomic E-state index is 0.0199. The van der Waals surface area contributed by atoms with Crippen molar-refractivity contribution >= 4 is 18.8 Å². The zero-order valence-corrected chi connectivity index (χ0v) is 41.1. The second-order valence-electron chi connectivity index (χ2n) is 17.4. The van der Waals surface area contributed by atoms with Gasteiger partial charge in [-0.05, 0) is 68.7 Å². The summed E-state index contributed by atoms with van der Waals surface area (Å²) >= 11 is 0. The molecule has 21 nitrogen and oxygen atoms in total. The molecule has 0 bridgehead atoms. The Bertz CT molecular complexity index is 1200. The van der Waals surface area contributed by atoms with E-state index in [2.05, 4.69) is 11.7 Å². The quantitative estimate of drug-likeness (QED) is 0.0522. The lowest BCUT2D eigenvalue weighted by atomic mass is 9.88. The molecule has 21 heteroatoms. The highest BCUT2D eigenvalue weighted by atomic mass is 16.8. The van der Waals surface area contributed by atoms with Crippen LogP contribution in [0.1, 0.15) is 75.7 Å². The van der Waals surface area contributed by atoms with Crippen LogP contribution in [0.15, 0.2) is 0 Å². The van der Waals surface area contributed by atoms with Crippen LogP contribution in [0.25, 0.3) is 0 Å². The Kier molecular flexibility index (Phi) is 31.4. The summed E-state index contributed by atoms with van der Waals surface area (Å²) in [7, 11) is 0. The number of carbonyl (C=O) groups excluding carboxylic acids is 3. The Morgan fingerprint density at radius 3 is 1.09 bits per heavy atom. The van der Waals surface area contributed by atoms with Crippen molar-refractivity contribution in [1.82, 2.24) is 0 Å². The van der Waals surface area contributed by atoms with Gasteiger partial charge >= 0.3 is 12.3 Å². The molecule has 2 rings (SSSR count). The van der Waals surface area contributed by atoms with Gasteiger partial charge < -0.3 is 85.6 Å². The largest absolute Gasteiger partial charge is 0.508 e. The molecular formula is C45H82O21. The van der Waals surface area contributed by atoms with Crippen molar-refractivity contribution < 1.29 is 100 Å². The summed E-state index contributed by atoms with van der Waals surface area (Å²) in [6.45, 7) is 24.4. The number of ether oxygens (including phenoxy) is 17. The molecule has 66 heavy (non-hydrogen) atoms. The molecule has 12 atom stereocenters. The highest BCUT2D eigenvalue weighted by Gasteiger charge is 2.32. The average molecular weight is 959 g/mol. The van der Waals surface area contributed by atoms with Gasteiger partial charge in [-0.15, -0.1) is 0 Å². The molecular weight excluding hydrogens is 876 g/mol. The number of hydrogen-bond donors (Lipinski definition) is 1. The van der Waals surface area contributed by atoms with Gasteiger partial charge in [-0.1, -0.05) is 6.92 Å². The lowest BCUT2D eigenvalue weighted by molar-refractivity contribution is -0.134. The summed E-state index contributed by atoms with van der Waals surface area (Å²) in [5.74, 6) is 0. The summed E-state index contributed by atoms with van der Waals surface area (Å²) in [6, 6.07) is 0. The first-order chi connectivity index (χ1) is 31.5. The molecule has 0 aliphatic carbocycles. The van der Waals surface area contributed by atoms with Crippen molar-refractivity contribution in [2.75, 3.05) is 119 Å². The minimum atomic E-state index is -0.908. The van der Waals surface area contributed by atoms with Crippen molar-refractivity contribution in [3.8, 4) is 0 Å². The van der Waals surface area contributed by atoms with E-state index in [-0.39, 0.29) is 101 Å². The molecule has 0 spiro atoms. The van der Waals surface area contributed by atoms with E-state index in [1.807, 2.05) is 62.3 Å². The maximum absolute atomic E-state index is 11.1. The first-order valence-electron chi connectivity index (χ1n) is 23.2. The zero-order chi connectivity index (χ0) is 48.7. The maximum atomic E-state index is 11.1. The van der Waals surface area contributed by atoms with Gasteiger partial charge in [0.25, 0.3) is 6.47 Å². The van der Waals surface area contributed by atoms with Gasteiger partial charge in [0.1, 0.15) is 25.9 Å². The fourth-order valence-electron chi connectivity index (χ4n) is 5.90. The third kappa shape index (κ3) is 28.7. The van der Waals surface area contributed by atoms with Gasteiger partial charge in [-0.2, -0.15) is 0 Å². The van der Waals surface area contributed by atoms with Crippen molar-refractivity contribution in [3.63, 3.8) is 0 Å². The summed E-state index contributed by atoms with van der Waals surface area (Å²) in [4.78, 5) is 32.5. The van der Waals surface area contributed by atoms with E-state index < -0.39 is 36.0 Å². The molecule has 0 aromatic rings. The first-order valence-corrected chi connectivity index (χ1v) is 23.2. The predicted molar refractivity (Wildman–Crippen MR) is 234 cm³/mol. The summed E-state index contributed by atoms with van der Waals surface area (Å²) < 4.78 is 95.7. The molecule has 2 fully saturated rings. The van der Waals surface area contributed by atoms with Crippen LogP contribution in [0.5, 0.6) is 0 Å². The molecule has 1 N–H and O–H groups in total. The molecule has 12 unspecified atom stereocenters.